The summed E-state index contributed by atoms with van der Waals surface area (Å²) in [7, 11) is 1.55. The maximum absolute atomic E-state index is 12.6. The highest BCUT2D eigenvalue weighted by Gasteiger charge is 2.15. The number of rotatable bonds is 7. The van der Waals surface area contributed by atoms with Crippen molar-refractivity contribution in [1.82, 2.24) is 15.1 Å². The number of hydrogen-bond acceptors (Lipinski definition) is 4. The van der Waals surface area contributed by atoms with E-state index in [-0.39, 0.29) is 18.1 Å². The van der Waals surface area contributed by atoms with E-state index in [1.54, 1.807) is 25.3 Å². The second-order valence-electron chi connectivity index (χ2n) is 6.93. The van der Waals surface area contributed by atoms with E-state index in [1.807, 2.05) is 48.9 Å². The minimum Gasteiger partial charge on any atom is -0.496 e. The van der Waals surface area contributed by atoms with Gasteiger partial charge in [0.2, 0.25) is 5.91 Å². The van der Waals surface area contributed by atoms with Crippen LogP contribution in [0.25, 0.3) is 5.69 Å². The third kappa shape index (κ3) is 4.54. The molecule has 0 atom stereocenters. The molecule has 3 rings (SSSR count). The van der Waals surface area contributed by atoms with Crippen LogP contribution in [-0.2, 0) is 17.8 Å². The molecule has 3 aromatic rings. The smallest absolute Gasteiger partial charge is 0.224 e. The van der Waals surface area contributed by atoms with Crippen LogP contribution in [0.4, 0.5) is 0 Å². The number of amides is 1. The molecule has 29 heavy (non-hydrogen) atoms. The standard InChI is InChI=1S/C23H25N3O3/c1-15-21(16(2)26(25-15)20-8-6-5-7-9-20)14-24-23(28)13-19-12-18(17(3)27)10-11-22(19)29-4/h5-12H,13-14H2,1-4H3,(H,24,28). The van der Waals surface area contributed by atoms with Crippen LogP contribution in [0, 0.1) is 13.8 Å². The predicted octanol–water partition coefficient (Wildman–Crippen LogP) is 3.56. The number of benzene rings is 2. The Bertz CT molecular complexity index is 1040. The molecule has 0 saturated heterocycles. The number of nitrogens with one attached hydrogen (secondary N) is 1. The third-order valence-corrected chi connectivity index (χ3v) is 4.94. The Morgan fingerprint density at radius 3 is 2.48 bits per heavy atom. The van der Waals surface area contributed by atoms with Crippen LogP contribution in [0.5, 0.6) is 5.75 Å². The molecule has 0 radical (unpaired) electrons. The molecule has 0 unspecified atom stereocenters. The molecule has 6 nitrogen and oxygen atoms in total. The summed E-state index contributed by atoms with van der Waals surface area (Å²) in [5.74, 6) is 0.401. The molecule has 0 bridgehead atoms. The minimum absolute atomic E-state index is 0.0473. The Kier molecular flexibility index (Phi) is 6.12. The molecule has 1 N–H and O–H groups in total. The fourth-order valence-corrected chi connectivity index (χ4v) is 3.31. The highest BCUT2D eigenvalue weighted by atomic mass is 16.5. The van der Waals surface area contributed by atoms with Crippen LogP contribution in [0.2, 0.25) is 0 Å². The van der Waals surface area contributed by atoms with Crippen LogP contribution in [-0.4, -0.2) is 28.6 Å². The average Bonchev–Trinajstić information content (AvgIpc) is 3.00. The van der Waals surface area contributed by atoms with Crippen LogP contribution >= 0.6 is 0 Å². The largest absolute Gasteiger partial charge is 0.496 e. The number of hydrogen-bond donors (Lipinski definition) is 1. The third-order valence-electron chi connectivity index (χ3n) is 4.94. The Balaban J connectivity index is 1.73. The summed E-state index contributed by atoms with van der Waals surface area (Å²) in [5.41, 5.74) is 5.09. The first-order valence-electron chi connectivity index (χ1n) is 9.45. The van der Waals surface area contributed by atoms with Crippen LogP contribution in [0.1, 0.15) is 39.8 Å². The number of ether oxygens (including phenoxy) is 1. The Labute approximate surface area is 170 Å². The van der Waals surface area contributed by atoms with Crippen molar-refractivity contribution in [2.24, 2.45) is 0 Å². The topological polar surface area (TPSA) is 73.2 Å². The normalized spacial score (nSPS) is 10.6. The summed E-state index contributed by atoms with van der Waals surface area (Å²) in [6.45, 7) is 5.82. The van der Waals surface area contributed by atoms with Gasteiger partial charge in [-0.05, 0) is 51.1 Å². The van der Waals surface area contributed by atoms with Crippen LogP contribution in [0.3, 0.4) is 0 Å². The van der Waals surface area contributed by atoms with Gasteiger partial charge in [-0.1, -0.05) is 18.2 Å². The maximum atomic E-state index is 12.6. The lowest BCUT2D eigenvalue weighted by atomic mass is 10.0. The first kappa shape index (κ1) is 20.3. The molecule has 0 aliphatic carbocycles. The fourth-order valence-electron chi connectivity index (χ4n) is 3.31. The Morgan fingerprint density at radius 1 is 1.10 bits per heavy atom. The Hall–Kier alpha value is -3.41. The second-order valence-corrected chi connectivity index (χ2v) is 6.93. The van der Waals surface area contributed by atoms with Crippen molar-refractivity contribution in [2.45, 2.75) is 33.7 Å². The molecule has 0 aliphatic heterocycles. The lowest BCUT2D eigenvalue weighted by molar-refractivity contribution is -0.120. The maximum Gasteiger partial charge on any atom is 0.224 e. The number of Topliss-reactive ketones (excluding diaryl/α,β-unsaturated/α-hetero) is 1. The van der Waals surface area contributed by atoms with Gasteiger partial charge in [0.05, 0.1) is 24.9 Å². The van der Waals surface area contributed by atoms with E-state index in [0.717, 1.165) is 22.6 Å². The molecule has 2 aromatic carbocycles. The minimum atomic E-state index is -0.143. The molecule has 1 aromatic heterocycles. The number of aromatic nitrogens is 2. The Morgan fingerprint density at radius 2 is 1.83 bits per heavy atom. The van der Waals surface area contributed by atoms with Gasteiger partial charge in [-0.3, -0.25) is 9.59 Å². The van der Waals surface area contributed by atoms with Crippen molar-refractivity contribution in [2.75, 3.05) is 7.11 Å². The summed E-state index contributed by atoms with van der Waals surface area (Å²) in [6.07, 6.45) is 0.134. The van der Waals surface area contributed by atoms with Gasteiger partial charge in [0.15, 0.2) is 5.78 Å². The van der Waals surface area contributed by atoms with E-state index in [0.29, 0.717) is 23.4 Å². The lowest BCUT2D eigenvalue weighted by Crippen LogP contribution is -2.25. The van der Waals surface area contributed by atoms with Crippen molar-refractivity contribution >= 4 is 11.7 Å². The quantitative estimate of drug-likeness (QED) is 0.625. The molecule has 6 heteroatoms. The van der Waals surface area contributed by atoms with E-state index >= 15 is 0 Å². The summed E-state index contributed by atoms with van der Waals surface area (Å²) in [5, 5.41) is 7.57. The number of aryl methyl sites for hydroxylation is 1. The van der Waals surface area contributed by atoms with E-state index < -0.39 is 0 Å². The van der Waals surface area contributed by atoms with E-state index in [4.69, 9.17) is 4.74 Å². The first-order chi connectivity index (χ1) is 13.9. The highest BCUT2D eigenvalue weighted by Crippen LogP contribution is 2.21. The van der Waals surface area contributed by atoms with Gasteiger partial charge in [0.25, 0.3) is 0 Å². The number of methoxy groups -OCH3 is 1. The zero-order valence-corrected chi connectivity index (χ0v) is 17.2. The van der Waals surface area contributed by atoms with Crippen molar-refractivity contribution in [3.8, 4) is 11.4 Å². The van der Waals surface area contributed by atoms with Crippen molar-refractivity contribution in [3.63, 3.8) is 0 Å². The molecule has 150 valence electrons. The van der Waals surface area contributed by atoms with Gasteiger partial charge in [-0.2, -0.15) is 5.10 Å². The molecular weight excluding hydrogens is 366 g/mol. The zero-order valence-electron chi connectivity index (χ0n) is 17.2. The lowest BCUT2D eigenvalue weighted by Gasteiger charge is -2.11. The molecular formula is C23H25N3O3. The zero-order chi connectivity index (χ0) is 21.0. The van der Waals surface area contributed by atoms with Gasteiger partial charge >= 0.3 is 0 Å². The predicted molar refractivity (Wildman–Crippen MR) is 112 cm³/mol. The molecule has 0 aliphatic rings. The number of para-hydroxylation sites is 1. The number of nitrogens with zero attached hydrogens (tertiary/aromatic N) is 2. The number of carbonyl (C=O) groups is 2. The molecule has 0 spiro atoms. The van der Waals surface area contributed by atoms with Crippen LogP contribution < -0.4 is 10.1 Å². The summed E-state index contributed by atoms with van der Waals surface area (Å²) in [6, 6.07) is 15.0. The van der Waals surface area contributed by atoms with E-state index in [1.165, 1.54) is 6.92 Å². The molecule has 0 saturated carbocycles. The molecule has 0 fully saturated rings. The van der Waals surface area contributed by atoms with Crippen molar-refractivity contribution in [1.29, 1.82) is 0 Å². The van der Waals surface area contributed by atoms with E-state index in [2.05, 4.69) is 10.4 Å². The highest BCUT2D eigenvalue weighted by molar-refractivity contribution is 5.94. The second kappa shape index (κ2) is 8.73. The van der Waals surface area contributed by atoms with Gasteiger partial charge in [-0.15, -0.1) is 0 Å². The average molecular weight is 391 g/mol. The summed E-state index contributed by atoms with van der Waals surface area (Å²) >= 11 is 0. The van der Waals surface area contributed by atoms with Gasteiger partial charge in [0, 0.05) is 28.9 Å². The van der Waals surface area contributed by atoms with Crippen molar-refractivity contribution in [3.05, 3.63) is 76.6 Å². The first-order valence-corrected chi connectivity index (χ1v) is 9.45. The van der Waals surface area contributed by atoms with E-state index in [9.17, 15) is 9.59 Å². The summed E-state index contributed by atoms with van der Waals surface area (Å²) in [4.78, 5) is 24.2. The van der Waals surface area contributed by atoms with Gasteiger partial charge in [0.1, 0.15) is 5.75 Å². The summed E-state index contributed by atoms with van der Waals surface area (Å²) < 4.78 is 7.21. The van der Waals surface area contributed by atoms with Crippen molar-refractivity contribution < 1.29 is 14.3 Å². The molecule has 1 heterocycles. The van der Waals surface area contributed by atoms with Gasteiger partial charge in [-0.25, -0.2) is 4.68 Å². The number of ketones is 1. The SMILES string of the molecule is COc1ccc(C(C)=O)cc1CC(=O)NCc1c(C)nn(-c2ccccc2)c1C. The monoisotopic (exact) mass is 391 g/mol. The number of carbonyl (C=O) groups excluding carboxylic acids is 2. The van der Waals surface area contributed by atoms with Gasteiger partial charge < -0.3 is 10.1 Å². The molecule has 1 amide bonds. The fraction of sp³-hybridized carbons (Fsp3) is 0.261. The van der Waals surface area contributed by atoms with Crippen LogP contribution in [0.15, 0.2) is 48.5 Å².